The molecule has 28 heavy (non-hydrogen) atoms. The zero-order valence-electron chi connectivity index (χ0n) is 15.1. The van der Waals surface area contributed by atoms with Crippen molar-refractivity contribution in [2.24, 2.45) is 0 Å². The van der Waals surface area contributed by atoms with Crippen molar-refractivity contribution in [1.29, 1.82) is 0 Å². The lowest BCUT2D eigenvalue weighted by molar-refractivity contribution is 0.0960. The van der Waals surface area contributed by atoms with Gasteiger partial charge in [0.2, 0.25) is 0 Å². The monoisotopic (exact) mass is 374 g/mol. The average molecular weight is 374 g/mol. The molecule has 2 aliphatic carbocycles. The zero-order chi connectivity index (χ0) is 20.0. The summed E-state index contributed by atoms with van der Waals surface area (Å²) in [4.78, 5) is 51.3. The summed E-state index contributed by atoms with van der Waals surface area (Å²) in [5, 5.41) is 0. The van der Waals surface area contributed by atoms with Crippen LogP contribution in [0.25, 0.3) is 0 Å². The van der Waals surface area contributed by atoms with E-state index >= 15 is 0 Å². The van der Waals surface area contributed by atoms with Crippen LogP contribution in [0.15, 0.2) is 59.7 Å². The Morgan fingerprint density at radius 2 is 1.00 bits per heavy atom. The van der Waals surface area contributed by atoms with Crippen LogP contribution in [0.3, 0.4) is 0 Å². The predicted octanol–water partition coefficient (Wildman–Crippen LogP) is 3.01. The van der Waals surface area contributed by atoms with E-state index in [4.69, 9.17) is 9.47 Å². The number of rotatable bonds is 3. The molecule has 0 unspecified atom stereocenters. The van der Waals surface area contributed by atoms with E-state index in [-0.39, 0.29) is 44.9 Å². The van der Waals surface area contributed by atoms with Gasteiger partial charge in [0.05, 0.1) is 25.3 Å². The quantitative estimate of drug-likeness (QED) is 0.821. The highest BCUT2D eigenvalue weighted by Crippen LogP contribution is 2.36. The second kappa shape index (κ2) is 6.42. The molecule has 2 aromatic carbocycles. The Hall–Kier alpha value is -3.80. The van der Waals surface area contributed by atoms with Gasteiger partial charge in [-0.15, -0.1) is 0 Å². The number of ketones is 4. The Bertz CT molecular complexity index is 1060. The molecule has 0 N–H and O–H groups in total. The van der Waals surface area contributed by atoms with Crippen molar-refractivity contribution < 1.29 is 28.7 Å². The van der Waals surface area contributed by atoms with Gasteiger partial charge in [0.15, 0.2) is 23.1 Å². The molecule has 0 amide bonds. The Kier molecular flexibility index (Phi) is 4.04. The van der Waals surface area contributed by atoms with Gasteiger partial charge in [0, 0.05) is 22.3 Å². The maximum Gasteiger partial charge on any atom is 0.194 e. The predicted molar refractivity (Wildman–Crippen MR) is 99.5 cm³/mol. The fourth-order valence-corrected chi connectivity index (χ4v) is 3.52. The van der Waals surface area contributed by atoms with Crippen molar-refractivity contribution in [2.75, 3.05) is 14.2 Å². The molecule has 0 radical (unpaired) electrons. The molecule has 0 spiro atoms. The van der Waals surface area contributed by atoms with Gasteiger partial charge in [-0.05, 0) is 24.3 Å². The number of allylic oxidation sites excluding steroid dienone is 4. The van der Waals surface area contributed by atoms with Crippen LogP contribution < -0.4 is 9.47 Å². The van der Waals surface area contributed by atoms with E-state index in [0.717, 1.165) is 12.2 Å². The number of carbonyl (C=O) groups is 4. The fraction of sp³-hybridized carbons (Fsp3) is 0.0909. The van der Waals surface area contributed by atoms with Crippen LogP contribution >= 0.6 is 0 Å². The van der Waals surface area contributed by atoms with Crippen molar-refractivity contribution in [3.05, 3.63) is 82.0 Å². The molecule has 0 aliphatic heterocycles. The van der Waals surface area contributed by atoms with E-state index in [9.17, 15) is 19.2 Å². The summed E-state index contributed by atoms with van der Waals surface area (Å²) >= 11 is 0. The molecule has 0 fully saturated rings. The molecule has 2 aliphatic rings. The van der Waals surface area contributed by atoms with Crippen molar-refractivity contribution in [3.8, 4) is 11.5 Å². The molecule has 0 saturated heterocycles. The molecule has 0 heterocycles. The average Bonchev–Trinajstić information content (AvgIpc) is 2.72. The Morgan fingerprint density at radius 3 is 1.36 bits per heavy atom. The first-order valence-corrected chi connectivity index (χ1v) is 8.43. The topological polar surface area (TPSA) is 86.7 Å². The molecular formula is C22H14O6. The van der Waals surface area contributed by atoms with Gasteiger partial charge in [-0.2, -0.15) is 0 Å². The summed E-state index contributed by atoms with van der Waals surface area (Å²) < 4.78 is 10.3. The van der Waals surface area contributed by atoms with Crippen LogP contribution in [0.1, 0.15) is 41.4 Å². The minimum atomic E-state index is -0.507. The van der Waals surface area contributed by atoms with Crippen LogP contribution in [0.2, 0.25) is 0 Å². The van der Waals surface area contributed by atoms with Gasteiger partial charge in [-0.25, -0.2) is 0 Å². The Labute approximate surface area is 160 Å². The highest BCUT2D eigenvalue weighted by Gasteiger charge is 2.36. The van der Waals surface area contributed by atoms with Gasteiger partial charge in [-0.3, -0.25) is 19.2 Å². The minimum Gasteiger partial charge on any atom is -0.496 e. The van der Waals surface area contributed by atoms with Crippen molar-refractivity contribution in [3.63, 3.8) is 0 Å². The summed E-state index contributed by atoms with van der Waals surface area (Å²) in [5.74, 6) is -1.37. The van der Waals surface area contributed by atoms with Gasteiger partial charge in [0.25, 0.3) is 0 Å². The molecule has 2 aromatic rings. The number of ether oxygens (including phenoxy) is 2. The number of fused-ring (bicyclic) bond motifs is 2. The maximum atomic E-state index is 13.0. The van der Waals surface area contributed by atoms with Crippen LogP contribution in [0, 0.1) is 0 Å². The third-order valence-electron chi connectivity index (χ3n) is 4.80. The van der Waals surface area contributed by atoms with E-state index in [2.05, 4.69) is 0 Å². The first kappa shape index (κ1) is 17.6. The first-order valence-electron chi connectivity index (χ1n) is 8.43. The molecule has 4 rings (SSSR count). The highest BCUT2D eigenvalue weighted by molar-refractivity contribution is 6.35. The van der Waals surface area contributed by atoms with Gasteiger partial charge in [-0.1, -0.05) is 24.3 Å². The fourth-order valence-electron chi connectivity index (χ4n) is 3.52. The van der Waals surface area contributed by atoms with E-state index in [0.29, 0.717) is 0 Å². The van der Waals surface area contributed by atoms with Crippen LogP contribution in [-0.4, -0.2) is 37.4 Å². The second-order valence-corrected chi connectivity index (χ2v) is 6.27. The summed E-state index contributed by atoms with van der Waals surface area (Å²) in [6, 6.07) is 9.34. The summed E-state index contributed by atoms with van der Waals surface area (Å²) in [6.45, 7) is 0. The maximum absolute atomic E-state index is 13.0. The highest BCUT2D eigenvalue weighted by atomic mass is 16.5. The normalized spacial score (nSPS) is 15.5. The standard InChI is InChI=1S/C22H14O6/c1-27-17-7-3-5-11-19(17)15(23)9-13(21(11)25)14-10-16(24)20-12(22(14)26)6-4-8-18(20)28-2/h3-10H,1-2H3. The van der Waals surface area contributed by atoms with Crippen molar-refractivity contribution in [1.82, 2.24) is 0 Å². The van der Waals surface area contributed by atoms with E-state index in [1.54, 1.807) is 24.3 Å². The third-order valence-corrected chi connectivity index (χ3v) is 4.80. The number of benzene rings is 2. The smallest absolute Gasteiger partial charge is 0.194 e. The second-order valence-electron chi connectivity index (χ2n) is 6.27. The first-order chi connectivity index (χ1) is 13.5. The van der Waals surface area contributed by atoms with Crippen LogP contribution in [-0.2, 0) is 0 Å². The largest absolute Gasteiger partial charge is 0.496 e. The zero-order valence-corrected chi connectivity index (χ0v) is 15.1. The molecule has 6 heteroatoms. The summed E-state index contributed by atoms with van der Waals surface area (Å²) in [6.07, 6.45) is 2.19. The molecular weight excluding hydrogens is 360 g/mol. The number of hydrogen-bond donors (Lipinski definition) is 0. The summed E-state index contributed by atoms with van der Waals surface area (Å²) in [5.41, 5.74) is 0.376. The number of hydrogen-bond acceptors (Lipinski definition) is 6. The van der Waals surface area contributed by atoms with Crippen molar-refractivity contribution in [2.45, 2.75) is 0 Å². The van der Waals surface area contributed by atoms with E-state index < -0.39 is 23.1 Å². The SMILES string of the molecule is COc1cccc2c1C(=O)C=C(C1=CC(=O)c3c(OC)cccc3C1=O)C2=O. The molecule has 6 nitrogen and oxygen atoms in total. The number of Topliss-reactive ketones (excluding diaryl/α,β-unsaturated/α-hetero) is 2. The lowest BCUT2D eigenvalue weighted by Crippen LogP contribution is -2.25. The van der Waals surface area contributed by atoms with Crippen molar-refractivity contribution >= 4 is 23.1 Å². The van der Waals surface area contributed by atoms with E-state index in [1.165, 1.54) is 26.4 Å². The van der Waals surface area contributed by atoms with Crippen LogP contribution in [0.4, 0.5) is 0 Å². The van der Waals surface area contributed by atoms with Gasteiger partial charge >= 0.3 is 0 Å². The minimum absolute atomic E-state index is 0.0995. The number of carbonyl (C=O) groups excluding carboxylic acids is 4. The molecule has 0 bridgehead atoms. The lowest BCUT2D eigenvalue weighted by Gasteiger charge is -2.21. The van der Waals surface area contributed by atoms with Crippen LogP contribution in [0.5, 0.6) is 11.5 Å². The molecule has 0 saturated carbocycles. The lowest BCUT2D eigenvalue weighted by atomic mass is 9.79. The Balaban J connectivity index is 1.85. The van der Waals surface area contributed by atoms with Gasteiger partial charge in [0.1, 0.15) is 11.5 Å². The van der Waals surface area contributed by atoms with Gasteiger partial charge < -0.3 is 9.47 Å². The molecule has 0 atom stereocenters. The van der Waals surface area contributed by atoms with E-state index in [1.807, 2.05) is 0 Å². The third kappa shape index (κ3) is 2.42. The Morgan fingerprint density at radius 1 is 0.607 bits per heavy atom. The number of methoxy groups -OCH3 is 2. The molecule has 138 valence electrons. The molecule has 0 aromatic heterocycles. The summed E-state index contributed by atoms with van der Waals surface area (Å²) in [7, 11) is 2.81.